The van der Waals surface area contributed by atoms with Crippen LogP contribution in [-0.4, -0.2) is 0 Å². The SMILES string of the molecule is Cc1ccc(-c2cccc3c2C=C(CC(C)(C)C)C3)cc1. The Labute approximate surface area is 128 Å². The molecule has 0 heterocycles. The van der Waals surface area contributed by atoms with Gasteiger partial charge in [0.25, 0.3) is 0 Å². The second kappa shape index (κ2) is 5.18. The van der Waals surface area contributed by atoms with E-state index in [2.05, 4.69) is 76.2 Å². The summed E-state index contributed by atoms with van der Waals surface area (Å²) in [6.45, 7) is 9.09. The summed E-state index contributed by atoms with van der Waals surface area (Å²) in [5, 5.41) is 0. The summed E-state index contributed by atoms with van der Waals surface area (Å²) < 4.78 is 0. The highest BCUT2D eigenvalue weighted by Gasteiger charge is 2.20. The molecule has 0 radical (unpaired) electrons. The van der Waals surface area contributed by atoms with Gasteiger partial charge >= 0.3 is 0 Å². The number of hydrogen-bond acceptors (Lipinski definition) is 0. The first-order valence-corrected chi connectivity index (χ1v) is 7.81. The van der Waals surface area contributed by atoms with Gasteiger partial charge < -0.3 is 0 Å². The molecule has 1 aliphatic carbocycles. The molecular formula is C21H24. The molecule has 1 aliphatic rings. The quantitative estimate of drug-likeness (QED) is 0.627. The Bertz CT molecular complexity index is 679. The molecular weight excluding hydrogens is 252 g/mol. The summed E-state index contributed by atoms with van der Waals surface area (Å²) in [6.07, 6.45) is 4.72. The van der Waals surface area contributed by atoms with Gasteiger partial charge in [-0.05, 0) is 47.4 Å². The van der Waals surface area contributed by atoms with E-state index >= 15 is 0 Å². The molecule has 2 aromatic rings. The Morgan fingerprint density at radius 2 is 1.67 bits per heavy atom. The van der Waals surface area contributed by atoms with E-state index in [1.165, 1.54) is 34.2 Å². The zero-order chi connectivity index (χ0) is 15.0. The molecule has 0 spiro atoms. The van der Waals surface area contributed by atoms with E-state index in [0.29, 0.717) is 5.41 Å². The lowest BCUT2D eigenvalue weighted by Crippen LogP contribution is -2.06. The Balaban J connectivity index is 1.99. The minimum absolute atomic E-state index is 0.359. The Morgan fingerprint density at radius 3 is 2.33 bits per heavy atom. The molecule has 0 heteroatoms. The van der Waals surface area contributed by atoms with Crippen molar-refractivity contribution in [1.29, 1.82) is 0 Å². The maximum atomic E-state index is 2.43. The molecule has 0 saturated heterocycles. The number of aryl methyl sites for hydroxylation is 1. The number of allylic oxidation sites excluding steroid dienone is 1. The molecule has 0 aromatic heterocycles. The van der Waals surface area contributed by atoms with Crippen LogP contribution in [0.4, 0.5) is 0 Å². The van der Waals surface area contributed by atoms with Crippen molar-refractivity contribution in [1.82, 2.24) is 0 Å². The second-order valence-corrected chi connectivity index (χ2v) is 7.46. The highest BCUT2D eigenvalue weighted by Crippen LogP contribution is 2.37. The van der Waals surface area contributed by atoms with Crippen LogP contribution in [0.2, 0.25) is 0 Å². The minimum atomic E-state index is 0.359. The molecule has 108 valence electrons. The van der Waals surface area contributed by atoms with E-state index in [-0.39, 0.29) is 0 Å². The molecule has 21 heavy (non-hydrogen) atoms. The lowest BCUT2D eigenvalue weighted by molar-refractivity contribution is 0.408. The minimum Gasteiger partial charge on any atom is -0.0647 e. The maximum absolute atomic E-state index is 2.43. The van der Waals surface area contributed by atoms with Crippen LogP contribution in [0.3, 0.4) is 0 Å². The van der Waals surface area contributed by atoms with Crippen LogP contribution < -0.4 is 0 Å². The molecule has 0 unspecified atom stereocenters. The number of rotatable bonds is 2. The molecule has 0 N–H and O–H groups in total. The number of benzene rings is 2. The van der Waals surface area contributed by atoms with Gasteiger partial charge in [-0.1, -0.05) is 80.4 Å². The number of hydrogen-bond donors (Lipinski definition) is 0. The zero-order valence-electron chi connectivity index (χ0n) is 13.5. The number of fused-ring (bicyclic) bond motifs is 1. The summed E-state index contributed by atoms with van der Waals surface area (Å²) in [5.41, 5.74) is 8.85. The third-order valence-electron chi connectivity index (χ3n) is 4.08. The molecule has 0 aliphatic heterocycles. The van der Waals surface area contributed by atoms with Gasteiger partial charge in [0.15, 0.2) is 0 Å². The molecule has 0 saturated carbocycles. The average molecular weight is 276 g/mol. The molecule has 0 fully saturated rings. The third kappa shape index (κ3) is 3.10. The van der Waals surface area contributed by atoms with Crippen LogP contribution in [0.5, 0.6) is 0 Å². The fourth-order valence-electron chi connectivity index (χ4n) is 3.22. The molecule has 0 amide bonds. The van der Waals surface area contributed by atoms with Crippen molar-refractivity contribution < 1.29 is 0 Å². The zero-order valence-corrected chi connectivity index (χ0v) is 13.5. The van der Waals surface area contributed by atoms with Crippen LogP contribution in [0.15, 0.2) is 48.0 Å². The standard InChI is InChI=1S/C21H24/c1-15-8-10-17(11-9-15)19-7-5-6-18-12-16(13-20(18)19)14-21(2,3)4/h5-11,13H,12,14H2,1-4H3. The highest BCUT2D eigenvalue weighted by molar-refractivity contribution is 5.80. The summed E-state index contributed by atoms with van der Waals surface area (Å²) >= 11 is 0. The Morgan fingerprint density at radius 1 is 0.952 bits per heavy atom. The highest BCUT2D eigenvalue weighted by atomic mass is 14.2. The van der Waals surface area contributed by atoms with E-state index in [0.717, 1.165) is 6.42 Å². The third-order valence-corrected chi connectivity index (χ3v) is 4.08. The fourth-order valence-corrected chi connectivity index (χ4v) is 3.22. The fraction of sp³-hybridized carbons (Fsp3) is 0.333. The smallest absolute Gasteiger partial charge is 0.00574 e. The van der Waals surface area contributed by atoms with Gasteiger partial charge in [0.05, 0.1) is 0 Å². The van der Waals surface area contributed by atoms with Gasteiger partial charge in [-0.15, -0.1) is 0 Å². The Kier molecular flexibility index (Phi) is 3.49. The normalized spacial score (nSPS) is 14.0. The van der Waals surface area contributed by atoms with Gasteiger partial charge in [0.1, 0.15) is 0 Å². The van der Waals surface area contributed by atoms with E-state index in [1.54, 1.807) is 5.57 Å². The molecule has 0 bridgehead atoms. The van der Waals surface area contributed by atoms with Crippen molar-refractivity contribution in [3.05, 3.63) is 64.7 Å². The first-order chi connectivity index (χ1) is 9.92. The average Bonchev–Trinajstić information content (AvgIpc) is 2.79. The van der Waals surface area contributed by atoms with Crippen molar-refractivity contribution in [3.8, 4) is 11.1 Å². The molecule has 0 atom stereocenters. The predicted molar refractivity (Wildman–Crippen MR) is 92.4 cm³/mol. The summed E-state index contributed by atoms with van der Waals surface area (Å²) in [5.74, 6) is 0. The van der Waals surface area contributed by atoms with Crippen molar-refractivity contribution in [2.75, 3.05) is 0 Å². The second-order valence-electron chi connectivity index (χ2n) is 7.46. The van der Waals surface area contributed by atoms with Gasteiger partial charge in [-0.25, -0.2) is 0 Å². The lowest BCUT2D eigenvalue weighted by Gasteiger charge is -2.18. The van der Waals surface area contributed by atoms with Crippen LogP contribution in [0.1, 0.15) is 43.9 Å². The van der Waals surface area contributed by atoms with Crippen molar-refractivity contribution in [2.24, 2.45) is 5.41 Å². The largest absolute Gasteiger partial charge is 0.0647 e. The van der Waals surface area contributed by atoms with Gasteiger partial charge in [0, 0.05) is 0 Å². The van der Waals surface area contributed by atoms with E-state index in [1.807, 2.05) is 0 Å². The van der Waals surface area contributed by atoms with Crippen molar-refractivity contribution >= 4 is 6.08 Å². The molecule has 2 aromatic carbocycles. The maximum Gasteiger partial charge on any atom is -0.00574 e. The molecule has 0 nitrogen and oxygen atoms in total. The monoisotopic (exact) mass is 276 g/mol. The summed E-state index contributed by atoms with van der Waals surface area (Å²) in [6, 6.07) is 15.6. The topological polar surface area (TPSA) is 0 Å². The first-order valence-electron chi connectivity index (χ1n) is 7.81. The summed E-state index contributed by atoms with van der Waals surface area (Å²) in [4.78, 5) is 0. The van der Waals surface area contributed by atoms with Crippen LogP contribution in [0.25, 0.3) is 17.2 Å². The molecule has 3 rings (SSSR count). The predicted octanol–water partition coefficient (Wildman–Crippen LogP) is 6.04. The van der Waals surface area contributed by atoms with E-state index in [4.69, 9.17) is 0 Å². The Hall–Kier alpha value is -1.82. The van der Waals surface area contributed by atoms with Crippen molar-refractivity contribution in [2.45, 2.75) is 40.5 Å². The lowest BCUT2D eigenvalue weighted by atomic mass is 9.87. The van der Waals surface area contributed by atoms with Gasteiger partial charge in [-0.2, -0.15) is 0 Å². The first kappa shape index (κ1) is 14.1. The van der Waals surface area contributed by atoms with Crippen molar-refractivity contribution in [3.63, 3.8) is 0 Å². The van der Waals surface area contributed by atoms with Crippen LogP contribution >= 0.6 is 0 Å². The van der Waals surface area contributed by atoms with Gasteiger partial charge in [-0.3, -0.25) is 0 Å². The summed E-state index contributed by atoms with van der Waals surface area (Å²) in [7, 11) is 0. The van der Waals surface area contributed by atoms with E-state index in [9.17, 15) is 0 Å². The van der Waals surface area contributed by atoms with Crippen LogP contribution in [-0.2, 0) is 6.42 Å². The van der Waals surface area contributed by atoms with Gasteiger partial charge in [0.2, 0.25) is 0 Å². The van der Waals surface area contributed by atoms with E-state index < -0.39 is 0 Å². The van der Waals surface area contributed by atoms with Crippen LogP contribution in [0, 0.1) is 12.3 Å².